The van der Waals surface area contributed by atoms with E-state index in [4.69, 9.17) is 0 Å². The summed E-state index contributed by atoms with van der Waals surface area (Å²) in [7, 11) is 0. The van der Waals surface area contributed by atoms with Gasteiger partial charge in [0.05, 0.1) is 16.3 Å². The largest absolute Gasteiger partial charge is 0.345 e. The smallest absolute Gasteiger partial charge is 0.273 e. The third kappa shape index (κ3) is 5.55. The fourth-order valence-corrected chi connectivity index (χ4v) is 4.63. The Balaban J connectivity index is 1.82. The number of aromatic nitrogens is 1. The molecule has 5 nitrogen and oxygen atoms in total. The van der Waals surface area contributed by atoms with Crippen molar-refractivity contribution < 1.29 is 4.79 Å². The Morgan fingerprint density at radius 1 is 0.971 bits per heavy atom. The fourth-order valence-electron chi connectivity index (χ4n) is 3.58. The fraction of sp³-hybridized carbons (Fsp3) is 0.0690. The van der Waals surface area contributed by atoms with Gasteiger partial charge in [-0.05, 0) is 36.3 Å². The van der Waals surface area contributed by atoms with Gasteiger partial charge in [0.1, 0.15) is 10.7 Å². The molecule has 0 bridgehead atoms. The number of para-hydroxylation sites is 1. The van der Waals surface area contributed by atoms with Crippen LogP contribution in [-0.4, -0.2) is 10.5 Å². The third-order valence-corrected chi connectivity index (χ3v) is 6.48. The lowest BCUT2D eigenvalue weighted by molar-refractivity contribution is -0.116. The van der Waals surface area contributed by atoms with Crippen molar-refractivity contribution in [3.8, 4) is 11.8 Å². The second-order valence-corrected chi connectivity index (χ2v) is 8.81. The van der Waals surface area contributed by atoms with Gasteiger partial charge in [-0.2, -0.15) is 5.26 Å². The van der Waals surface area contributed by atoms with Gasteiger partial charge < -0.3 is 5.32 Å². The Morgan fingerprint density at radius 2 is 1.57 bits per heavy atom. The van der Waals surface area contributed by atoms with Gasteiger partial charge in [0.2, 0.25) is 0 Å². The lowest BCUT2D eigenvalue weighted by Gasteiger charge is -2.13. The number of allylic oxidation sites excluding steroid dienone is 1. The Hall–Kier alpha value is -4.47. The molecule has 0 aliphatic carbocycles. The van der Waals surface area contributed by atoms with Crippen LogP contribution in [0.1, 0.15) is 24.1 Å². The molecule has 0 aliphatic heterocycles. The zero-order valence-electron chi connectivity index (χ0n) is 19.1. The molecule has 35 heavy (non-hydrogen) atoms. The van der Waals surface area contributed by atoms with Crippen LogP contribution >= 0.6 is 11.3 Å². The standard InChI is InChI=1S/C29H23N3O2S/c1-21(23-15-7-3-8-16-23)31-27(33)25(20-30)29-32(24-17-9-4-10-18-24)28(34)26(35-29)19-11-14-22-12-5-2-6-13-22/h2-19,21H,1H3,(H,31,33)/b14-11+,26-19+,29-25-/t21-/m1/s1. The molecule has 4 aromatic rings. The van der Waals surface area contributed by atoms with Gasteiger partial charge in [-0.3, -0.25) is 14.2 Å². The van der Waals surface area contributed by atoms with Gasteiger partial charge in [0.25, 0.3) is 11.5 Å². The highest BCUT2D eigenvalue weighted by Gasteiger charge is 2.18. The van der Waals surface area contributed by atoms with E-state index >= 15 is 0 Å². The first kappa shape index (κ1) is 23.7. The normalized spacial score (nSPS) is 13.3. The number of amides is 1. The topological polar surface area (TPSA) is 74.9 Å². The van der Waals surface area contributed by atoms with E-state index in [1.165, 1.54) is 4.57 Å². The molecule has 0 spiro atoms. The Bertz CT molecular complexity index is 1560. The highest BCUT2D eigenvalue weighted by molar-refractivity contribution is 7.07. The predicted octanol–water partition coefficient (Wildman–Crippen LogP) is 3.94. The molecule has 0 unspecified atom stereocenters. The van der Waals surface area contributed by atoms with Crippen molar-refractivity contribution in [3.63, 3.8) is 0 Å². The maximum Gasteiger partial charge on any atom is 0.273 e. The summed E-state index contributed by atoms with van der Waals surface area (Å²) in [5.41, 5.74) is 2.12. The van der Waals surface area contributed by atoms with E-state index in [9.17, 15) is 14.9 Å². The molecule has 4 rings (SSSR count). The van der Waals surface area contributed by atoms with E-state index < -0.39 is 5.91 Å². The number of thiazole rings is 1. The summed E-state index contributed by atoms with van der Waals surface area (Å²) >= 11 is 1.12. The van der Waals surface area contributed by atoms with E-state index in [0.717, 1.165) is 22.5 Å². The summed E-state index contributed by atoms with van der Waals surface area (Å²) in [4.78, 5) is 26.5. The van der Waals surface area contributed by atoms with Crippen LogP contribution in [0.3, 0.4) is 0 Å². The molecule has 3 aromatic carbocycles. The number of nitriles is 1. The number of carbonyl (C=O) groups excluding carboxylic acids is 1. The second-order valence-electron chi connectivity index (χ2n) is 7.78. The van der Waals surface area contributed by atoms with Crippen LogP contribution in [-0.2, 0) is 4.79 Å². The van der Waals surface area contributed by atoms with E-state index in [0.29, 0.717) is 14.9 Å². The molecule has 0 radical (unpaired) electrons. The molecule has 0 fully saturated rings. The van der Waals surface area contributed by atoms with E-state index in [-0.39, 0.29) is 17.2 Å². The molecule has 6 heteroatoms. The number of nitrogens with zero attached hydrogens (tertiary/aromatic N) is 2. The molecule has 1 heterocycles. The van der Waals surface area contributed by atoms with E-state index in [1.807, 2.05) is 97.9 Å². The van der Waals surface area contributed by atoms with Gasteiger partial charge in [0, 0.05) is 0 Å². The average Bonchev–Trinajstić information content (AvgIpc) is 3.21. The summed E-state index contributed by atoms with van der Waals surface area (Å²) < 4.78 is 2.14. The first-order valence-electron chi connectivity index (χ1n) is 11.1. The van der Waals surface area contributed by atoms with Gasteiger partial charge in [-0.25, -0.2) is 0 Å². The lowest BCUT2D eigenvalue weighted by atomic mass is 10.1. The first-order chi connectivity index (χ1) is 17.1. The zero-order valence-corrected chi connectivity index (χ0v) is 19.9. The van der Waals surface area contributed by atoms with Gasteiger partial charge >= 0.3 is 0 Å². The highest BCUT2D eigenvalue weighted by Crippen LogP contribution is 2.12. The number of rotatable bonds is 6. The Morgan fingerprint density at radius 3 is 2.20 bits per heavy atom. The van der Waals surface area contributed by atoms with Crippen molar-refractivity contribution in [1.29, 1.82) is 5.26 Å². The molecule has 0 aliphatic rings. The lowest BCUT2D eigenvalue weighted by Crippen LogP contribution is -2.34. The Kier molecular flexibility index (Phi) is 7.51. The summed E-state index contributed by atoms with van der Waals surface area (Å²) in [6, 6.07) is 30.0. The molecule has 0 saturated heterocycles. The molecule has 0 saturated carbocycles. The number of nitrogens with one attached hydrogen (secondary N) is 1. The van der Waals surface area contributed by atoms with Crippen molar-refractivity contribution in [3.05, 3.63) is 128 Å². The minimum Gasteiger partial charge on any atom is -0.345 e. The molecule has 172 valence electrons. The highest BCUT2D eigenvalue weighted by atomic mass is 32.1. The number of hydrogen-bond donors (Lipinski definition) is 1. The van der Waals surface area contributed by atoms with Crippen LogP contribution in [0, 0.1) is 11.3 Å². The monoisotopic (exact) mass is 477 g/mol. The minimum atomic E-state index is -0.527. The average molecular weight is 478 g/mol. The third-order valence-electron chi connectivity index (χ3n) is 5.37. The number of carbonyl (C=O) groups is 1. The summed E-state index contributed by atoms with van der Waals surface area (Å²) in [5, 5.41) is 12.8. The maximum atomic E-state index is 13.4. The summed E-state index contributed by atoms with van der Waals surface area (Å²) in [6.45, 7) is 1.86. The van der Waals surface area contributed by atoms with Crippen LogP contribution in [0.25, 0.3) is 23.4 Å². The van der Waals surface area contributed by atoms with Crippen LogP contribution in [0.4, 0.5) is 0 Å². The van der Waals surface area contributed by atoms with Gasteiger partial charge in [0.15, 0.2) is 5.57 Å². The van der Waals surface area contributed by atoms with Gasteiger partial charge in [-0.15, -0.1) is 11.3 Å². The zero-order chi connectivity index (χ0) is 24.6. The number of benzene rings is 3. The van der Waals surface area contributed by atoms with E-state index in [1.54, 1.807) is 24.3 Å². The van der Waals surface area contributed by atoms with Gasteiger partial charge in [-0.1, -0.05) is 91.0 Å². The molecular formula is C29H23N3O2S. The van der Waals surface area contributed by atoms with Crippen LogP contribution < -0.4 is 20.1 Å². The Labute approximate surface area is 207 Å². The second kappa shape index (κ2) is 11.1. The van der Waals surface area contributed by atoms with Crippen molar-refractivity contribution in [1.82, 2.24) is 9.88 Å². The molecule has 1 N–H and O–H groups in total. The van der Waals surface area contributed by atoms with Crippen molar-refractivity contribution in [2.45, 2.75) is 13.0 Å². The maximum absolute atomic E-state index is 13.4. The van der Waals surface area contributed by atoms with Crippen LogP contribution in [0.5, 0.6) is 0 Å². The quantitative estimate of drug-likeness (QED) is 0.457. The predicted molar refractivity (Wildman–Crippen MR) is 141 cm³/mol. The minimum absolute atomic E-state index is 0.106. The van der Waals surface area contributed by atoms with Crippen LogP contribution in [0.15, 0.2) is 102 Å². The van der Waals surface area contributed by atoms with Crippen LogP contribution in [0.2, 0.25) is 0 Å². The van der Waals surface area contributed by atoms with E-state index in [2.05, 4.69) is 5.32 Å². The SMILES string of the molecule is C[C@@H](NC(=O)/C(C#N)=c1\s/c(=C/C=C/c2ccccc2)c(=O)n1-c1ccccc1)c1ccccc1. The first-order valence-corrected chi connectivity index (χ1v) is 11.9. The van der Waals surface area contributed by atoms with Crippen molar-refractivity contribution in [2.24, 2.45) is 0 Å². The molecule has 1 amide bonds. The molecule has 1 aromatic heterocycles. The summed E-state index contributed by atoms with van der Waals surface area (Å²) in [5.74, 6) is -0.527. The van der Waals surface area contributed by atoms with Crippen molar-refractivity contribution in [2.75, 3.05) is 0 Å². The molecular weight excluding hydrogens is 454 g/mol. The summed E-state index contributed by atoms with van der Waals surface area (Å²) in [6.07, 6.45) is 5.41. The van der Waals surface area contributed by atoms with Crippen molar-refractivity contribution >= 4 is 35.0 Å². The molecule has 1 atom stereocenters. The number of hydrogen-bond acceptors (Lipinski definition) is 4.